The van der Waals surface area contributed by atoms with Crippen molar-refractivity contribution in [3.63, 3.8) is 0 Å². The molecule has 0 aliphatic carbocycles. The monoisotopic (exact) mass is 437 g/mol. The molecule has 2 aromatic carbocycles. The van der Waals surface area contributed by atoms with Crippen molar-refractivity contribution < 1.29 is 14.3 Å². The first-order chi connectivity index (χ1) is 15.5. The van der Waals surface area contributed by atoms with Gasteiger partial charge in [-0.05, 0) is 50.2 Å². The highest BCUT2D eigenvalue weighted by atomic mass is 16.5. The summed E-state index contributed by atoms with van der Waals surface area (Å²) in [5.74, 6) is 1.01. The van der Waals surface area contributed by atoms with Crippen LogP contribution in [0.15, 0.2) is 48.5 Å². The number of nitrogens with zero attached hydrogens (tertiary/aromatic N) is 3. The lowest BCUT2D eigenvalue weighted by Gasteiger charge is -2.40. The number of benzene rings is 2. The summed E-state index contributed by atoms with van der Waals surface area (Å²) in [6.07, 6.45) is 0.156. The number of rotatable bonds is 6. The van der Waals surface area contributed by atoms with E-state index in [9.17, 15) is 4.79 Å². The number of carbonyl (C=O) groups is 1. The summed E-state index contributed by atoms with van der Waals surface area (Å²) < 4.78 is 11.3. The van der Waals surface area contributed by atoms with Crippen molar-refractivity contribution in [2.75, 3.05) is 53.0 Å². The zero-order chi connectivity index (χ0) is 22.5. The van der Waals surface area contributed by atoms with Crippen LogP contribution in [-0.4, -0.2) is 79.7 Å². The summed E-state index contributed by atoms with van der Waals surface area (Å²) in [6.45, 7) is 10.5. The van der Waals surface area contributed by atoms with Crippen LogP contribution in [0, 0.1) is 0 Å². The summed E-state index contributed by atoms with van der Waals surface area (Å²) in [5, 5.41) is 0. The molecule has 32 heavy (non-hydrogen) atoms. The van der Waals surface area contributed by atoms with Gasteiger partial charge in [0.2, 0.25) is 0 Å². The van der Waals surface area contributed by atoms with E-state index in [0.717, 1.165) is 62.8 Å². The lowest BCUT2D eigenvalue weighted by atomic mass is 10.0. The summed E-state index contributed by atoms with van der Waals surface area (Å²) >= 11 is 0. The molecule has 1 atom stereocenters. The van der Waals surface area contributed by atoms with Crippen molar-refractivity contribution in [3.8, 4) is 5.75 Å². The van der Waals surface area contributed by atoms with Crippen molar-refractivity contribution in [1.82, 2.24) is 14.7 Å². The van der Waals surface area contributed by atoms with Crippen molar-refractivity contribution in [2.45, 2.75) is 32.5 Å². The molecule has 2 aromatic rings. The van der Waals surface area contributed by atoms with Crippen LogP contribution in [-0.2, 0) is 11.3 Å². The normalized spacial score (nSPS) is 20.5. The van der Waals surface area contributed by atoms with Crippen LogP contribution < -0.4 is 4.74 Å². The average molecular weight is 438 g/mol. The standard InChI is InChI=1S/C26H35N3O3/c1-20(2)32-23-10-8-21(9-11-23)25-19-29(13-12-27(25)3)26(30)24-7-5-4-6-22(24)18-28-14-16-31-17-15-28/h4-11,20,25H,12-19H2,1-3H3. The van der Waals surface area contributed by atoms with Gasteiger partial charge in [0.1, 0.15) is 5.75 Å². The fourth-order valence-corrected chi connectivity index (χ4v) is 4.50. The maximum Gasteiger partial charge on any atom is 0.254 e. The summed E-state index contributed by atoms with van der Waals surface area (Å²) in [7, 11) is 2.14. The second kappa shape index (κ2) is 10.5. The molecule has 2 saturated heterocycles. The zero-order valence-corrected chi connectivity index (χ0v) is 19.5. The van der Waals surface area contributed by atoms with Crippen LogP contribution in [0.5, 0.6) is 5.75 Å². The van der Waals surface area contributed by atoms with Gasteiger partial charge >= 0.3 is 0 Å². The van der Waals surface area contributed by atoms with Crippen LogP contribution in [0.3, 0.4) is 0 Å². The topological polar surface area (TPSA) is 45.3 Å². The van der Waals surface area contributed by atoms with Crippen LogP contribution in [0.25, 0.3) is 0 Å². The van der Waals surface area contributed by atoms with Crippen molar-refractivity contribution >= 4 is 5.91 Å². The molecule has 0 saturated carbocycles. The largest absolute Gasteiger partial charge is 0.491 e. The second-order valence-corrected chi connectivity index (χ2v) is 9.03. The van der Waals surface area contributed by atoms with Gasteiger partial charge < -0.3 is 14.4 Å². The molecule has 0 bridgehead atoms. The third-order valence-electron chi connectivity index (χ3n) is 6.32. The highest BCUT2D eigenvalue weighted by Gasteiger charge is 2.30. The molecule has 2 fully saturated rings. The minimum absolute atomic E-state index is 0.131. The Balaban J connectivity index is 1.47. The third kappa shape index (κ3) is 5.49. The zero-order valence-electron chi connectivity index (χ0n) is 19.5. The van der Waals surface area contributed by atoms with Gasteiger partial charge in [0.05, 0.1) is 25.4 Å². The number of amides is 1. The van der Waals surface area contributed by atoms with Gasteiger partial charge in [0.25, 0.3) is 5.91 Å². The minimum atomic E-state index is 0.131. The smallest absolute Gasteiger partial charge is 0.254 e. The number of ether oxygens (including phenoxy) is 2. The number of hydrogen-bond acceptors (Lipinski definition) is 5. The maximum atomic E-state index is 13.6. The van der Waals surface area contributed by atoms with Crippen molar-refractivity contribution in [2.24, 2.45) is 0 Å². The van der Waals surface area contributed by atoms with Gasteiger partial charge in [-0.1, -0.05) is 30.3 Å². The van der Waals surface area contributed by atoms with E-state index in [1.54, 1.807) is 0 Å². The number of likely N-dealkylation sites (N-methyl/N-ethyl adjacent to an activating group) is 1. The molecular weight excluding hydrogens is 402 g/mol. The first-order valence-electron chi connectivity index (χ1n) is 11.7. The Morgan fingerprint density at radius 1 is 1.03 bits per heavy atom. The third-order valence-corrected chi connectivity index (χ3v) is 6.32. The van der Waals surface area contributed by atoms with Crippen LogP contribution in [0.1, 0.15) is 41.4 Å². The lowest BCUT2D eigenvalue weighted by Crippen LogP contribution is -2.49. The number of carbonyl (C=O) groups excluding carboxylic acids is 1. The van der Waals surface area contributed by atoms with E-state index < -0.39 is 0 Å². The van der Waals surface area contributed by atoms with E-state index in [0.29, 0.717) is 6.54 Å². The Bertz CT molecular complexity index is 893. The molecule has 1 unspecified atom stereocenters. The Morgan fingerprint density at radius 2 is 1.75 bits per heavy atom. The van der Waals surface area contributed by atoms with Gasteiger partial charge in [-0.25, -0.2) is 0 Å². The maximum absolute atomic E-state index is 13.6. The summed E-state index contributed by atoms with van der Waals surface area (Å²) in [4.78, 5) is 20.3. The van der Waals surface area contributed by atoms with Crippen molar-refractivity contribution in [1.29, 1.82) is 0 Å². The van der Waals surface area contributed by atoms with E-state index in [1.165, 1.54) is 5.56 Å². The summed E-state index contributed by atoms with van der Waals surface area (Å²) in [6, 6.07) is 16.5. The Morgan fingerprint density at radius 3 is 2.47 bits per heavy atom. The lowest BCUT2D eigenvalue weighted by molar-refractivity contribution is 0.0338. The SMILES string of the molecule is CC(C)Oc1ccc(C2CN(C(=O)c3ccccc3CN3CCOCC3)CCN2C)cc1. The molecule has 2 heterocycles. The number of piperazine rings is 1. The Labute approximate surface area is 191 Å². The van der Waals surface area contributed by atoms with Crippen LogP contribution >= 0.6 is 0 Å². The fraction of sp³-hybridized carbons (Fsp3) is 0.500. The molecule has 6 nitrogen and oxygen atoms in total. The average Bonchev–Trinajstić information content (AvgIpc) is 2.80. The predicted molar refractivity (Wildman–Crippen MR) is 126 cm³/mol. The molecule has 0 aromatic heterocycles. The minimum Gasteiger partial charge on any atom is -0.491 e. The predicted octanol–water partition coefficient (Wildman–Crippen LogP) is 3.43. The molecule has 172 valence electrons. The molecule has 1 amide bonds. The van der Waals surface area contributed by atoms with E-state index in [-0.39, 0.29) is 18.1 Å². The van der Waals surface area contributed by atoms with Crippen LogP contribution in [0.2, 0.25) is 0 Å². The summed E-state index contributed by atoms with van der Waals surface area (Å²) in [5.41, 5.74) is 3.13. The first-order valence-corrected chi connectivity index (χ1v) is 11.7. The molecule has 2 aliphatic heterocycles. The van der Waals surface area contributed by atoms with Crippen molar-refractivity contribution in [3.05, 3.63) is 65.2 Å². The van der Waals surface area contributed by atoms with Gasteiger partial charge in [0, 0.05) is 44.8 Å². The number of morpholine rings is 1. The second-order valence-electron chi connectivity index (χ2n) is 9.03. The first kappa shape index (κ1) is 22.8. The highest BCUT2D eigenvalue weighted by Crippen LogP contribution is 2.27. The van der Waals surface area contributed by atoms with Gasteiger partial charge in [-0.2, -0.15) is 0 Å². The number of hydrogen-bond donors (Lipinski definition) is 0. The van der Waals surface area contributed by atoms with E-state index in [1.807, 2.05) is 49.1 Å². The van der Waals surface area contributed by atoms with E-state index in [4.69, 9.17) is 9.47 Å². The van der Waals surface area contributed by atoms with Crippen LogP contribution in [0.4, 0.5) is 0 Å². The molecule has 6 heteroatoms. The fourth-order valence-electron chi connectivity index (χ4n) is 4.50. The van der Waals surface area contributed by atoms with Gasteiger partial charge in [-0.15, -0.1) is 0 Å². The van der Waals surface area contributed by atoms with E-state index >= 15 is 0 Å². The molecule has 0 radical (unpaired) electrons. The molecular formula is C26H35N3O3. The Hall–Kier alpha value is -2.41. The molecule has 4 rings (SSSR count). The quantitative estimate of drug-likeness (QED) is 0.693. The van der Waals surface area contributed by atoms with Gasteiger partial charge in [-0.3, -0.25) is 14.6 Å². The molecule has 2 aliphatic rings. The van der Waals surface area contributed by atoms with Gasteiger partial charge in [0.15, 0.2) is 0 Å². The molecule has 0 N–H and O–H groups in total. The Kier molecular flexibility index (Phi) is 7.45. The molecule has 0 spiro atoms. The van der Waals surface area contributed by atoms with E-state index in [2.05, 4.69) is 35.0 Å². The highest BCUT2D eigenvalue weighted by molar-refractivity contribution is 5.95.